The summed E-state index contributed by atoms with van der Waals surface area (Å²) in [4.78, 5) is 0. The fourth-order valence-electron chi connectivity index (χ4n) is 0.270. The maximum atomic E-state index is 8.14. The van der Waals surface area contributed by atoms with Gasteiger partial charge in [0.15, 0.2) is 0 Å². The molecule has 4 nitrogen and oxygen atoms in total. The summed E-state index contributed by atoms with van der Waals surface area (Å²) in [5, 5.41) is 21.2. The minimum absolute atomic E-state index is 0.125. The van der Waals surface area contributed by atoms with Gasteiger partial charge >= 0.3 is 0 Å². The van der Waals surface area contributed by atoms with Crippen molar-refractivity contribution in [3.05, 3.63) is 0 Å². The Balaban J connectivity index is 4.18. The number of hydrazone groups is 1. The highest BCUT2D eigenvalue weighted by atomic mass is 15.4. The van der Waals surface area contributed by atoms with Crippen LogP contribution in [0.4, 0.5) is 0 Å². The highest BCUT2D eigenvalue weighted by Gasteiger charge is 1.91. The highest BCUT2D eigenvalue weighted by molar-refractivity contribution is 6.09. The summed E-state index contributed by atoms with van der Waals surface area (Å²) in [5.74, 6) is 0. The molecular weight excluding hydrogens is 116 g/mol. The van der Waals surface area contributed by atoms with Gasteiger partial charge < -0.3 is 5.01 Å². The van der Waals surface area contributed by atoms with Crippen molar-refractivity contribution in [3.63, 3.8) is 0 Å². The van der Waals surface area contributed by atoms with Gasteiger partial charge in [0.05, 0.1) is 0 Å². The summed E-state index contributed by atoms with van der Waals surface area (Å²) >= 11 is 0. The molecule has 9 heavy (non-hydrogen) atoms. The normalized spacial score (nSPS) is 6.67. The third-order valence-corrected chi connectivity index (χ3v) is 0.512. The van der Waals surface area contributed by atoms with Crippen LogP contribution in [0.15, 0.2) is 5.10 Å². The van der Waals surface area contributed by atoms with Crippen LogP contribution in [0.5, 0.6) is 0 Å². The van der Waals surface area contributed by atoms with E-state index in [1.165, 1.54) is 5.01 Å². The number of hydrogen-bond donors (Lipinski definition) is 0. The predicted molar refractivity (Wildman–Crippen MR) is 32.3 cm³/mol. The molecule has 0 saturated heterocycles. The molecule has 0 heterocycles. The molecule has 0 atom stereocenters. The van der Waals surface area contributed by atoms with Crippen molar-refractivity contribution in [2.24, 2.45) is 5.10 Å². The molecule has 0 rings (SSSR count). The zero-order chi connectivity index (χ0) is 7.28. The molecule has 0 aromatic heterocycles. The predicted octanol–water partition coefficient (Wildman–Crippen LogP) is -0.0488. The van der Waals surface area contributed by atoms with Gasteiger partial charge in [0.1, 0.15) is 12.1 Å². The van der Waals surface area contributed by atoms with Gasteiger partial charge in [-0.25, -0.2) is 0 Å². The lowest BCUT2D eigenvalue weighted by atomic mass is 10.5. The Kier molecular flexibility index (Phi) is 2.86. The molecule has 0 aromatic carbocycles. The first-order valence-corrected chi connectivity index (χ1v) is 2.27. The van der Waals surface area contributed by atoms with Crippen molar-refractivity contribution < 1.29 is 0 Å². The summed E-state index contributed by atoms with van der Waals surface area (Å²) in [6.07, 6.45) is 0. The first-order chi connectivity index (χ1) is 4.20. The van der Waals surface area contributed by atoms with E-state index in [2.05, 4.69) is 5.10 Å². The number of nitrogens with zero attached hydrogens (tertiary/aromatic N) is 4. The van der Waals surface area contributed by atoms with Gasteiger partial charge in [-0.1, -0.05) is 0 Å². The fraction of sp³-hybridized carbons (Fsp3) is 0.400. The van der Waals surface area contributed by atoms with Crippen molar-refractivity contribution >= 4 is 5.71 Å². The van der Waals surface area contributed by atoms with Gasteiger partial charge in [-0.05, 0) is 0 Å². The molecule has 0 aliphatic rings. The third-order valence-electron chi connectivity index (χ3n) is 0.512. The maximum absolute atomic E-state index is 8.14. The lowest BCUT2D eigenvalue weighted by molar-refractivity contribution is 0.439. The Morgan fingerprint density at radius 2 is 1.78 bits per heavy atom. The van der Waals surface area contributed by atoms with Crippen molar-refractivity contribution in [1.29, 1.82) is 10.5 Å². The minimum Gasteiger partial charge on any atom is -0.301 e. The topological polar surface area (TPSA) is 63.2 Å². The van der Waals surface area contributed by atoms with Gasteiger partial charge in [0, 0.05) is 14.1 Å². The lowest BCUT2D eigenvalue weighted by Crippen LogP contribution is -2.05. The Labute approximate surface area is 53.6 Å². The summed E-state index contributed by atoms with van der Waals surface area (Å²) in [6.45, 7) is 0. The Bertz CT molecular complexity index is 174. The molecular formula is C5H6N4. The van der Waals surface area contributed by atoms with E-state index in [1.54, 1.807) is 26.2 Å². The molecule has 0 amide bonds. The van der Waals surface area contributed by atoms with Crippen molar-refractivity contribution in [2.75, 3.05) is 14.1 Å². The average molecular weight is 122 g/mol. The molecule has 0 saturated carbocycles. The Morgan fingerprint density at radius 1 is 1.33 bits per heavy atom. The quantitative estimate of drug-likeness (QED) is 0.362. The Hall–Kier alpha value is -1.55. The highest BCUT2D eigenvalue weighted by Crippen LogP contribution is 1.77. The lowest BCUT2D eigenvalue weighted by Gasteiger charge is -1.99. The van der Waals surface area contributed by atoms with Crippen molar-refractivity contribution in [2.45, 2.75) is 0 Å². The molecule has 0 aliphatic heterocycles. The first kappa shape index (κ1) is 7.45. The second-order valence-electron chi connectivity index (χ2n) is 1.52. The molecule has 0 fully saturated rings. The van der Waals surface area contributed by atoms with Crippen LogP contribution in [0, 0.1) is 22.7 Å². The monoisotopic (exact) mass is 122 g/mol. The van der Waals surface area contributed by atoms with Crippen LogP contribution in [0.3, 0.4) is 0 Å². The molecule has 4 heteroatoms. The van der Waals surface area contributed by atoms with Crippen LogP contribution in [-0.2, 0) is 0 Å². The van der Waals surface area contributed by atoms with E-state index in [4.69, 9.17) is 10.5 Å². The van der Waals surface area contributed by atoms with Gasteiger partial charge in [-0.2, -0.15) is 15.6 Å². The van der Waals surface area contributed by atoms with Crippen molar-refractivity contribution in [1.82, 2.24) is 5.01 Å². The SMILES string of the molecule is CN(C)N=C(C#N)C#N. The van der Waals surface area contributed by atoms with Gasteiger partial charge in [-0.15, -0.1) is 0 Å². The van der Waals surface area contributed by atoms with Crippen LogP contribution in [0.2, 0.25) is 0 Å². The second-order valence-corrected chi connectivity index (χ2v) is 1.52. The van der Waals surface area contributed by atoms with Crippen molar-refractivity contribution in [3.8, 4) is 12.1 Å². The zero-order valence-electron chi connectivity index (χ0n) is 5.29. The summed E-state index contributed by atoms with van der Waals surface area (Å²) < 4.78 is 0. The number of nitriles is 2. The second kappa shape index (κ2) is 3.45. The van der Waals surface area contributed by atoms with Gasteiger partial charge in [0.2, 0.25) is 5.71 Å². The van der Waals surface area contributed by atoms with Crippen LogP contribution in [-0.4, -0.2) is 24.8 Å². The van der Waals surface area contributed by atoms with Gasteiger partial charge in [-0.3, -0.25) is 0 Å². The molecule has 0 spiro atoms. The standard InChI is InChI=1S/C5H6N4/c1-9(2)8-5(3-6)4-7/h1-2H3. The molecule has 46 valence electrons. The molecule has 0 unspecified atom stereocenters. The van der Waals surface area contributed by atoms with E-state index >= 15 is 0 Å². The van der Waals surface area contributed by atoms with Crippen LogP contribution < -0.4 is 0 Å². The first-order valence-electron chi connectivity index (χ1n) is 2.27. The number of rotatable bonds is 1. The number of hydrogen-bond acceptors (Lipinski definition) is 4. The molecule has 0 aliphatic carbocycles. The van der Waals surface area contributed by atoms with E-state index in [1.807, 2.05) is 0 Å². The average Bonchev–Trinajstić information content (AvgIpc) is 1.82. The summed E-state index contributed by atoms with van der Waals surface area (Å²) in [6, 6.07) is 3.26. The largest absolute Gasteiger partial charge is 0.301 e. The van der Waals surface area contributed by atoms with E-state index in [0.29, 0.717) is 0 Å². The van der Waals surface area contributed by atoms with Crippen LogP contribution in [0.25, 0.3) is 0 Å². The molecule has 0 aromatic rings. The van der Waals surface area contributed by atoms with E-state index < -0.39 is 0 Å². The van der Waals surface area contributed by atoms with Crippen LogP contribution in [0.1, 0.15) is 0 Å². The van der Waals surface area contributed by atoms with Crippen LogP contribution >= 0.6 is 0 Å². The van der Waals surface area contributed by atoms with E-state index in [9.17, 15) is 0 Å². The van der Waals surface area contributed by atoms with E-state index in [0.717, 1.165) is 0 Å². The third kappa shape index (κ3) is 3.07. The molecule has 0 radical (unpaired) electrons. The minimum atomic E-state index is -0.125. The zero-order valence-corrected chi connectivity index (χ0v) is 5.29. The smallest absolute Gasteiger partial charge is 0.237 e. The van der Waals surface area contributed by atoms with Gasteiger partial charge in [0.25, 0.3) is 0 Å². The summed E-state index contributed by atoms with van der Waals surface area (Å²) in [7, 11) is 3.30. The Morgan fingerprint density at radius 3 is 1.89 bits per heavy atom. The molecule has 0 bridgehead atoms. The fourth-order valence-corrected chi connectivity index (χ4v) is 0.270. The summed E-state index contributed by atoms with van der Waals surface area (Å²) in [5.41, 5.74) is -0.125. The van der Waals surface area contributed by atoms with E-state index in [-0.39, 0.29) is 5.71 Å². The molecule has 0 N–H and O–H groups in total. The maximum Gasteiger partial charge on any atom is 0.237 e.